The highest BCUT2D eigenvalue weighted by Crippen LogP contribution is 2.38. The third-order valence-electron chi connectivity index (χ3n) is 5.86. The molecule has 1 aliphatic heterocycles. The summed E-state index contributed by atoms with van der Waals surface area (Å²) in [6.07, 6.45) is 3.98. The van der Waals surface area contributed by atoms with Gasteiger partial charge in [0.2, 0.25) is 0 Å². The lowest BCUT2D eigenvalue weighted by Gasteiger charge is -2.32. The van der Waals surface area contributed by atoms with Crippen LogP contribution in [-0.2, 0) is 19.4 Å². The van der Waals surface area contributed by atoms with E-state index in [1.807, 2.05) is 6.92 Å². The summed E-state index contributed by atoms with van der Waals surface area (Å²) >= 11 is 0. The summed E-state index contributed by atoms with van der Waals surface area (Å²) in [7, 11) is 0. The van der Waals surface area contributed by atoms with Gasteiger partial charge in [-0.2, -0.15) is 0 Å². The van der Waals surface area contributed by atoms with Crippen molar-refractivity contribution in [2.75, 3.05) is 11.6 Å². The predicted octanol–water partition coefficient (Wildman–Crippen LogP) is 4.65. The quantitative estimate of drug-likeness (QED) is 0.592. The van der Waals surface area contributed by atoms with Crippen LogP contribution in [0, 0.1) is 13.8 Å². The Bertz CT molecular complexity index is 1110. The van der Waals surface area contributed by atoms with Crippen molar-refractivity contribution in [3.05, 3.63) is 68.6 Å². The van der Waals surface area contributed by atoms with Crippen LogP contribution < -0.4 is 15.3 Å². The zero-order chi connectivity index (χ0) is 18.5. The van der Waals surface area contributed by atoms with Gasteiger partial charge in [0.05, 0.1) is 0 Å². The van der Waals surface area contributed by atoms with E-state index >= 15 is 0 Å². The first-order chi connectivity index (χ1) is 13.1. The van der Waals surface area contributed by atoms with Crippen molar-refractivity contribution in [1.82, 2.24) is 0 Å². The molecule has 0 unspecified atom stereocenters. The zero-order valence-corrected chi connectivity index (χ0v) is 15.8. The van der Waals surface area contributed by atoms with Gasteiger partial charge in [-0.1, -0.05) is 12.1 Å². The molecule has 1 aromatic heterocycles. The number of rotatable bonds is 1. The van der Waals surface area contributed by atoms with Crippen molar-refractivity contribution < 1.29 is 9.15 Å². The van der Waals surface area contributed by atoms with Crippen molar-refractivity contribution in [3.63, 3.8) is 0 Å². The molecule has 27 heavy (non-hydrogen) atoms. The fourth-order valence-corrected chi connectivity index (χ4v) is 4.49. The van der Waals surface area contributed by atoms with Crippen molar-refractivity contribution in [2.45, 2.75) is 46.1 Å². The molecule has 3 aromatic rings. The monoisotopic (exact) mass is 361 g/mol. The summed E-state index contributed by atoms with van der Waals surface area (Å²) in [6, 6.07) is 10.7. The molecule has 5 rings (SSSR count). The summed E-state index contributed by atoms with van der Waals surface area (Å²) in [5.74, 6) is 0.866. The van der Waals surface area contributed by atoms with Crippen molar-refractivity contribution in [3.8, 4) is 5.75 Å². The SMILES string of the molecule is Cc1cccc(N2COc3c(cc4c5c(c(=O)oc4c3C)CCCC5)C2)c1. The second kappa shape index (κ2) is 6.15. The molecule has 0 saturated carbocycles. The molecule has 0 radical (unpaired) electrons. The summed E-state index contributed by atoms with van der Waals surface area (Å²) in [5.41, 5.74) is 7.10. The molecule has 2 heterocycles. The molecule has 0 fully saturated rings. The van der Waals surface area contributed by atoms with E-state index in [4.69, 9.17) is 9.15 Å². The third kappa shape index (κ3) is 2.62. The smallest absolute Gasteiger partial charge is 0.339 e. The zero-order valence-electron chi connectivity index (χ0n) is 15.8. The van der Waals surface area contributed by atoms with Gasteiger partial charge in [-0.25, -0.2) is 4.79 Å². The van der Waals surface area contributed by atoms with E-state index in [2.05, 4.69) is 42.2 Å². The first kappa shape index (κ1) is 16.4. The number of anilines is 1. The van der Waals surface area contributed by atoms with Crippen molar-refractivity contribution >= 4 is 16.7 Å². The molecular weight excluding hydrogens is 338 g/mol. The molecule has 2 aliphatic rings. The number of hydrogen-bond donors (Lipinski definition) is 0. The van der Waals surface area contributed by atoms with Gasteiger partial charge in [-0.15, -0.1) is 0 Å². The Hall–Kier alpha value is -2.75. The molecule has 0 amide bonds. The van der Waals surface area contributed by atoms with Gasteiger partial charge in [0, 0.05) is 34.3 Å². The fraction of sp³-hybridized carbons (Fsp3) is 0.348. The number of aryl methyl sites for hydroxylation is 3. The minimum absolute atomic E-state index is 0.169. The first-order valence-electron chi connectivity index (χ1n) is 9.67. The van der Waals surface area contributed by atoms with E-state index < -0.39 is 0 Å². The molecule has 0 saturated heterocycles. The van der Waals surface area contributed by atoms with Crippen molar-refractivity contribution in [2.24, 2.45) is 0 Å². The minimum Gasteiger partial charge on any atom is -0.472 e. The van der Waals surface area contributed by atoms with Gasteiger partial charge in [-0.3, -0.25) is 0 Å². The second-order valence-corrected chi connectivity index (χ2v) is 7.73. The Kier molecular flexibility index (Phi) is 3.74. The van der Waals surface area contributed by atoms with Crippen molar-refractivity contribution in [1.29, 1.82) is 0 Å². The highest BCUT2D eigenvalue weighted by molar-refractivity contribution is 5.87. The summed E-state index contributed by atoms with van der Waals surface area (Å²) in [4.78, 5) is 14.7. The molecule has 0 N–H and O–H groups in total. The number of benzene rings is 2. The average Bonchev–Trinajstić information content (AvgIpc) is 2.69. The summed E-state index contributed by atoms with van der Waals surface area (Å²) < 4.78 is 11.9. The van der Waals surface area contributed by atoms with Crippen LogP contribution >= 0.6 is 0 Å². The van der Waals surface area contributed by atoms with Crippen LogP contribution in [0.1, 0.15) is 40.7 Å². The summed E-state index contributed by atoms with van der Waals surface area (Å²) in [6.45, 7) is 5.40. The standard InChI is InChI=1S/C23H23NO3/c1-14-6-5-7-17(10-14)24-12-16-11-20-18-8-3-4-9-19(18)23(25)27-22(20)15(2)21(16)26-13-24/h5-7,10-11H,3-4,8-9,12-13H2,1-2H3. The van der Waals surface area contributed by atoms with Crippen LogP contribution in [0.5, 0.6) is 5.75 Å². The minimum atomic E-state index is -0.169. The largest absolute Gasteiger partial charge is 0.472 e. The molecule has 4 nitrogen and oxygen atoms in total. The number of ether oxygens (including phenoxy) is 1. The predicted molar refractivity (Wildman–Crippen MR) is 107 cm³/mol. The fourth-order valence-electron chi connectivity index (χ4n) is 4.49. The molecule has 2 aromatic carbocycles. The van der Waals surface area contributed by atoms with Gasteiger partial charge in [0.25, 0.3) is 0 Å². The van der Waals surface area contributed by atoms with Crippen LogP contribution in [0.15, 0.2) is 39.5 Å². The molecule has 0 bridgehead atoms. The van der Waals surface area contributed by atoms with E-state index in [0.29, 0.717) is 12.3 Å². The molecule has 0 atom stereocenters. The topological polar surface area (TPSA) is 42.7 Å². The lowest BCUT2D eigenvalue weighted by Crippen LogP contribution is -2.32. The van der Waals surface area contributed by atoms with Gasteiger partial charge in [0.15, 0.2) is 6.73 Å². The molecular formula is C23H23NO3. The second-order valence-electron chi connectivity index (χ2n) is 7.73. The van der Waals surface area contributed by atoms with Crippen LogP contribution in [0.4, 0.5) is 5.69 Å². The molecule has 0 spiro atoms. The third-order valence-corrected chi connectivity index (χ3v) is 5.86. The Balaban J connectivity index is 1.65. The molecule has 1 aliphatic carbocycles. The van der Waals surface area contributed by atoms with Crippen LogP contribution in [0.3, 0.4) is 0 Å². The Morgan fingerprint density at radius 1 is 1.04 bits per heavy atom. The first-order valence-corrected chi connectivity index (χ1v) is 9.67. The summed E-state index contributed by atoms with van der Waals surface area (Å²) in [5, 5.41) is 1.09. The van der Waals surface area contributed by atoms with E-state index in [0.717, 1.165) is 60.1 Å². The number of fused-ring (bicyclic) bond motifs is 4. The maximum absolute atomic E-state index is 12.5. The maximum atomic E-state index is 12.5. The van der Waals surface area contributed by atoms with E-state index in [1.54, 1.807) is 0 Å². The molecule has 138 valence electrons. The maximum Gasteiger partial charge on any atom is 0.339 e. The van der Waals surface area contributed by atoms with Crippen LogP contribution in [0.2, 0.25) is 0 Å². The van der Waals surface area contributed by atoms with Gasteiger partial charge >= 0.3 is 5.63 Å². The highest BCUT2D eigenvalue weighted by atomic mass is 16.5. The normalized spacial score (nSPS) is 16.0. The highest BCUT2D eigenvalue weighted by Gasteiger charge is 2.25. The average molecular weight is 361 g/mol. The molecule has 4 heteroatoms. The van der Waals surface area contributed by atoms with Crippen LogP contribution in [0.25, 0.3) is 11.0 Å². The van der Waals surface area contributed by atoms with E-state index in [1.165, 1.54) is 16.8 Å². The lowest BCUT2D eigenvalue weighted by atomic mass is 9.89. The van der Waals surface area contributed by atoms with Gasteiger partial charge < -0.3 is 14.1 Å². The lowest BCUT2D eigenvalue weighted by molar-refractivity contribution is 0.287. The van der Waals surface area contributed by atoms with Crippen LogP contribution in [-0.4, -0.2) is 6.73 Å². The number of nitrogens with zero attached hydrogens (tertiary/aromatic N) is 1. The van der Waals surface area contributed by atoms with E-state index in [9.17, 15) is 4.79 Å². The van der Waals surface area contributed by atoms with Gasteiger partial charge in [-0.05, 0) is 68.9 Å². The van der Waals surface area contributed by atoms with E-state index in [-0.39, 0.29) is 5.63 Å². The Morgan fingerprint density at radius 3 is 2.67 bits per heavy atom. The number of hydrogen-bond acceptors (Lipinski definition) is 4. The Morgan fingerprint density at radius 2 is 1.85 bits per heavy atom. The Labute approximate surface area is 158 Å². The van der Waals surface area contributed by atoms with Gasteiger partial charge in [0.1, 0.15) is 11.3 Å².